The van der Waals surface area contributed by atoms with Crippen LogP contribution in [-0.4, -0.2) is 43.0 Å². The van der Waals surface area contributed by atoms with E-state index in [0.29, 0.717) is 24.4 Å². The third-order valence-electron chi connectivity index (χ3n) is 4.82. The lowest BCUT2D eigenvalue weighted by Gasteiger charge is -2.33. The predicted molar refractivity (Wildman–Crippen MR) is 94.1 cm³/mol. The fourth-order valence-corrected chi connectivity index (χ4v) is 3.20. The number of piperidine rings is 1. The van der Waals surface area contributed by atoms with E-state index in [4.69, 9.17) is 4.74 Å². The molecule has 0 radical (unpaired) electrons. The molecule has 1 fully saturated rings. The molecule has 24 heavy (non-hydrogen) atoms. The average molecular weight is 332 g/mol. The number of nitrogens with one attached hydrogen (secondary N) is 1. The van der Waals surface area contributed by atoms with Gasteiger partial charge < -0.3 is 15.0 Å². The second-order valence-electron chi connectivity index (χ2n) is 6.29. The summed E-state index contributed by atoms with van der Waals surface area (Å²) in [4.78, 5) is 26.7. The van der Waals surface area contributed by atoms with Gasteiger partial charge in [-0.05, 0) is 37.8 Å². The van der Waals surface area contributed by atoms with Crippen LogP contribution in [0.15, 0.2) is 24.3 Å². The highest BCUT2D eigenvalue weighted by Crippen LogP contribution is 2.22. The summed E-state index contributed by atoms with van der Waals surface area (Å²) < 4.78 is 5.28. The van der Waals surface area contributed by atoms with Crippen LogP contribution in [0.4, 0.5) is 0 Å². The first-order valence-electron chi connectivity index (χ1n) is 8.83. The lowest BCUT2D eigenvalue weighted by molar-refractivity contribution is -0.126. The van der Waals surface area contributed by atoms with E-state index in [1.165, 1.54) is 0 Å². The van der Waals surface area contributed by atoms with Gasteiger partial charge in [0.05, 0.1) is 12.7 Å². The monoisotopic (exact) mass is 332 g/mol. The van der Waals surface area contributed by atoms with Crippen molar-refractivity contribution in [3.8, 4) is 5.75 Å². The fraction of sp³-hybridized carbons (Fsp3) is 0.579. The summed E-state index contributed by atoms with van der Waals surface area (Å²) in [5.41, 5.74) is 0.597. The first-order valence-corrected chi connectivity index (χ1v) is 8.83. The molecule has 0 unspecified atom stereocenters. The molecule has 2 amide bonds. The Balaban J connectivity index is 1.90. The Hall–Kier alpha value is -2.04. The van der Waals surface area contributed by atoms with Crippen molar-refractivity contribution in [1.82, 2.24) is 10.2 Å². The topological polar surface area (TPSA) is 58.6 Å². The smallest absolute Gasteiger partial charge is 0.257 e. The van der Waals surface area contributed by atoms with Gasteiger partial charge in [0.2, 0.25) is 5.91 Å². The van der Waals surface area contributed by atoms with Crippen LogP contribution in [0.1, 0.15) is 49.9 Å². The van der Waals surface area contributed by atoms with Gasteiger partial charge in [0.15, 0.2) is 0 Å². The summed E-state index contributed by atoms with van der Waals surface area (Å²) in [5.74, 6) is 0.844. The lowest BCUT2D eigenvalue weighted by Crippen LogP contribution is -2.47. The number of likely N-dealkylation sites (tertiary alicyclic amines) is 1. The van der Waals surface area contributed by atoms with Gasteiger partial charge in [-0.1, -0.05) is 26.0 Å². The second-order valence-corrected chi connectivity index (χ2v) is 6.29. The normalized spacial score (nSPS) is 15.4. The Labute approximate surface area is 144 Å². The van der Waals surface area contributed by atoms with Gasteiger partial charge in [-0.15, -0.1) is 0 Å². The van der Waals surface area contributed by atoms with Crippen molar-refractivity contribution in [2.75, 3.05) is 20.2 Å². The van der Waals surface area contributed by atoms with Gasteiger partial charge >= 0.3 is 0 Å². The van der Waals surface area contributed by atoms with Crippen LogP contribution in [0, 0.1) is 5.92 Å². The van der Waals surface area contributed by atoms with Crippen molar-refractivity contribution in [3.63, 3.8) is 0 Å². The number of carbonyl (C=O) groups excluding carboxylic acids is 2. The SMILES string of the molecule is CCC(CC)C(=O)NC1CCN(C(=O)c2ccccc2OC)CC1. The van der Waals surface area contributed by atoms with E-state index in [2.05, 4.69) is 5.32 Å². The molecule has 0 aromatic heterocycles. The molecule has 1 saturated heterocycles. The van der Waals surface area contributed by atoms with Crippen molar-refractivity contribution in [2.24, 2.45) is 5.92 Å². The maximum absolute atomic E-state index is 12.7. The van der Waals surface area contributed by atoms with Crippen molar-refractivity contribution in [1.29, 1.82) is 0 Å². The van der Waals surface area contributed by atoms with Crippen LogP contribution in [0.5, 0.6) is 5.75 Å². The van der Waals surface area contributed by atoms with Gasteiger partial charge in [-0.25, -0.2) is 0 Å². The number of hydrogen-bond acceptors (Lipinski definition) is 3. The van der Waals surface area contributed by atoms with E-state index in [9.17, 15) is 9.59 Å². The fourth-order valence-electron chi connectivity index (χ4n) is 3.20. The Morgan fingerprint density at radius 1 is 1.21 bits per heavy atom. The minimum Gasteiger partial charge on any atom is -0.496 e. The second kappa shape index (κ2) is 8.71. The van der Waals surface area contributed by atoms with Gasteiger partial charge in [-0.3, -0.25) is 9.59 Å². The summed E-state index contributed by atoms with van der Waals surface area (Å²) in [5, 5.41) is 3.14. The predicted octanol–water partition coefficient (Wildman–Crippen LogP) is 2.85. The van der Waals surface area contributed by atoms with Crippen LogP contribution in [-0.2, 0) is 4.79 Å². The molecule has 1 N–H and O–H groups in total. The molecular formula is C19H28N2O3. The van der Waals surface area contributed by atoms with Crippen LogP contribution in [0.2, 0.25) is 0 Å². The molecule has 0 atom stereocenters. The Morgan fingerprint density at radius 3 is 2.42 bits per heavy atom. The van der Waals surface area contributed by atoms with E-state index in [-0.39, 0.29) is 23.8 Å². The zero-order valence-corrected chi connectivity index (χ0v) is 14.9. The summed E-state index contributed by atoms with van der Waals surface area (Å²) in [6, 6.07) is 7.46. The largest absolute Gasteiger partial charge is 0.496 e. The zero-order valence-electron chi connectivity index (χ0n) is 14.9. The molecule has 1 aromatic carbocycles. The van der Waals surface area contributed by atoms with E-state index in [0.717, 1.165) is 25.7 Å². The number of ether oxygens (including phenoxy) is 1. The van der Waals surface area contributed by atoms with Gasteiger partial charge in [0, 0.05) is 25.0 Å². The van der Waals surface area contributed by atoms with Crippen molar-refractivity contribution in [3.05, 3.63) is 29.8 Å². The quantitative estimate of drug-likeness (QED) is 0.871. The molecule has 0 saturated carbocycles. The molecule has 5 heteroatoms. The molecule has 5 nitrogen and oxygen atoms in total. The highest BCUT2D eigenvalue weighted by atomic mass is 16.5. The minimum absolute atomic E-state index is 0.00257. The van der Waals surface area contributed by atoms with Crippen molar-refractivity contribution < 1.29 is 14.3 Å². The Morgan fingerprint density at radius 2 is 1.83 bits per heavy atom. The summed E-state index contributed by atoms with van der Waals surface area (Å²) in [6.07, 6.45) is 3.33. The van der Waals surface area contributed by atoms with Crippen LogP contribution in [0.25, 0.3) is 0 Å². The summed E-state index contributed by atoms with van der Waals surface area (Å²) in [7, 11) is 1.58. The van der Waals surface area contributed by atoms with Crippen molar-refractivity contribution >= 4 is 11.8 Å². The number of rotatable bonds is 6. The van der Waals surface area contributed by atoms with Gasteiger partial charge in [0.25, 0.3) is 5.91 Å². The number of nitrogens with zero attached hydrogens (tertiary/aromatic N) is 1. The average Bonchev–Trinajstić information content (AvgIpc) is 2.62. The molecular weight excluding hydrogens is 304 g/mol. The molecule has 132 valence electrons. The van der Waals surface area contributed by atoms with E-state index in [1.807, 2.05) is 30.9 Å². The zero-order chi connectivity index (χ0) is 17.5. The van der Waals surface area contributed by atoms with Crippen LogP contribution in [0.3, 0.4) is 0 Å². The number of para-hydroxylation sites is 1. The molecule has 2 rings (SSSR count). The van der Waals surface area contributed by atoms with Crippen LogP contribution >= 0.6 is 0 Å². The number of carbonyl (C=O) groups is 2. The first-order chi connectivity index (χ1) is 11.6. The molecule has 0 spiro atoms. The molecule has 1 heterocycles. The minimum atomic E-state index is -0.00257. The third-order valence-corrected chi connectivity index (χ3v) is 4.82. The lowest BCUT2D eigenvalue weighted by atomic mass is 9.99. The molecule has 1 aromatic rings. The number of hydrogen-bond donors (Lipinski definition) is 1. The standard InChI is InChI=1S/C19H28N2O3/c1-4-14(5-2)18(22)20-15-10-12-21(13-11-15)19(23)16-8-6-7-9-17(16)24-3/h6-9,14-15H,4-5,10-13H2,1-3H3,(H,20,22). The van der Waals surface area contributed by atoms with E-state index < -0.39 is 0 Å². The number of amides is 2. The third kappa shape index (κ3) is 4.28. The van der Waals surface area contributed by atoms with Gasteiger partial charge in [-0.2, -0.15) is 0 Å². The van der Waals surface area contributed by atoms with Crippen LogP contribution < -0.4 is 10.1 Å². The Bertz CT molecular complexity index is 561. The van der Waals surface area contributed by atoms with E-state index >= 15 is 0 Å². The molecule has 1 aliphatic heterocycles. The highest BCUT2D eigenvalue weighted by molar-refractivity contribution is 5.97. The van der Waals surface area contributed by atoms with Gasteiger partial charge in [0.1, 0.15) is 5.75 Å². The number of benzene rings is 1. The molecule has 0 bridgehead atoms. The summed E-state index contributed by atoms with van der Waals surface area (Å²) >= 11 is 0. The first kappa shape index (κ1) is 18.3. The maximum Gasteiger partial charge on any atom is 0.257 e. The molecule has 1 aliphatic rings. The summed E-state index contributed by atoms with van der Waals surface area (Å²) in [6.45, 7) is 5.40. The maximum atomic E-state index is 12.7. The van der Waals surface area contributed by atoms with Crippen molar-refractivity contribution in [2.45, 2.75) is 45.6 Å². The highest BCUT2D eigenvalue weighted by Gasteiger charge is 2.27. The van der Waals surface area contributed by atoms with E-state index in [1.54, 1.807) is 19.2 Å². The Kier molecular flexibility index (Phi) is 6.64. The number of methoxy groups -OCH3 is 1. The molecule has 0 aliphatic carbocycles.